The average Bonchev–Trinajstić information content (AvgIpc) is 3.46. The van der Waals surface area contributed by atoms with Crippen LogP contribution in [0.4, 0.5) is 0 Å². The first kappa shape index (κ1) is 42.3. The molecule has 0 heterocycles. The van der Waals surface area contributed by atoms with Gasteiger partial charge in [-0.2, -0.15) is 0 Å². The van der Waals surface area contributed by atoms with Gasteiger partial charge in [-0.05, 0) is 124 Å². The summed E-state index contributed by atoms with van der Waals surface area (Å²) >= 11 is 0. The second kappa shape index (κ2) is 20.3. The van der Waals surface area contributed by atoms with E-state index < -0.39 is 6.04 Å². The lowest BCUT2D eigenvalue weighted by molar-refractivity contribution is -0.137. The lowest BCUT2D eigenvalue weighted by Gasteiger charge is -2.58. The van der Waals surface area contributed by atoms with Crippen LogP contribution in [0, 0.1) is 46.3 Å². The SMILES string of the molecule is CCCCCCCCCCCN(CC(=O)N[C@H]1CC[C@@]2(C)C(=CC[C@H]3[C@@H]4CC[C@H]([C@H](C)CCCC(C)C)[C@@]4(C)CC[C@@H]32)C1)C(=O)[C@@H](N)CCCN. The van der Waals surface area contributed by atoms with E-state index in [4.69, 9.17) is 11.5 Å². The van der Waals surface area contributed by atoms with Crippen molar-refractivity contribution in [2.45, 2.75) is 195 Å². The third-order valence-electron chi connectivity index (χ3n) is 14.9. The van der Waals surface area contributed by atoms with Crippen LogP contribution in [0.1, 0.15) is 183 Å². The molecule has 6 nitrogen and oxygen atoms in total. The molecule has 0 unspecified atom stereocenters. The molecule has 5 N–H and O–H groups in total. The van der Waals surface area contributed by atoms with Crippen molar-refractivity contribution in [1.29, 1.82) is 0 Å². The fraction of sp³-hybridized carbons (Fsp3) is 0.911. The van der Waals surface area contributed by atoms with Crippen LogP contribution in [0.15, 0.2) is 11.6 Å². The molecule has 294 valence electrons. The number of allylic oxidation sites excluding steroid dienone is 1. The number of nitrogens with two attached hydrogens (primary N) is 2. The van der Waals surface area contributed by atoms with Gasteiger partial charge in [-0.3, -0.25) is 9.59 Å². The minimum absolute atomic E-state index is 0.0267. The summed E-state index contributed by atoms with van der Waals surface area (Å²) in [4.78, 5) is 28.7. The molecule has 0 saturated heterocycles. The van der Waals surface area contributed by atoms with Crippen molar-refractivity contribution in [3.8, 4) is 0 Å². The van der Waals surface area contributed by atoms with Crippen molar-refractivity contribution in [2.75, 3.05) is 19.6 Å². The maximum absolute atomic E-state index is 13.6. The Labute approximate surface area is 314 Å². The van der Waals surface area contributed by atoms with Gasteiger partial charge >= 0.3 is 0 Å². The van der Waals surface area contributed by atoms with Crippen LogP contribution in [0.3, 0.4) is 0 Å². The molecule has 0 spiro atoms. The highest BCUT2D eigenvalue weighted by Crippen LogP contribution is 2.67. The molecule has 4 aliphatic rings. The predicted molar refractivity (Wildman–Crippen MR) is 215 cm³/mol. The first-order chi connectivity index (χ1) is 24.4. The summed E-state index contributed by atoms with van der Waals surface area (Å²) in [6.07, 6.45) is 29.1. The third-order valence-corrected chi connectivity index (χ3v) is 14.9. The predicted octanol–water partition coefficient (Wildman–Crippen LogP) is 9.94. The van der Waals surface area contributed by atoms with E-state index in [1.807, 2.05) is 0 Å². The van der Waals surface area contributed by atoms with Crippen LogP contribution in [-0.2, 0) is 9.59 Å². The lowest BCUT2D eigenvalue weighted by Crippen LogP contribution is -2.53. The van der Waals surface area contributed by atoms with Gasteiger partial charge in [-0.15, -0.1) is 0 Å². The number of hydrogen-bond acceptors (Lipinski definition) is 4. The van der Waals surface area contributed by atoms with Gasteiger partial charge < -0.3 is 21.7 Å². The molecule has 0 radical (unpaired) electrons. The summed E-state index contributed by atoms with van der Waals surface area (Å²) in [6, 6.07) is -0.434. The largest absolute Gasteiger partial charge is 0.352 e. The molecule has 6 heteroatoms. The fourth-order valence-electron chi connectivity index (χ4n) is 11.8. The molecule has 2 amide bonds. The van der Waals surface area contributed by atoms with Gasteiger partial charge in [-0.25, -0.2) is 0 Å². The zero-order valence-corrected chi connectivity index (χ0v) is 34.3. The van der Waals surface area contributed by atoms with Crippen molar-refractivity contribution >= 4 is 11.8 Å². The minimum Gasteiger partial charge on any atom is -0.352 e. The van der Waals surface area contributed by atoms with E-state index in [2.05, 4.69) is 52.9 Å². The second-order valence-corrected chi connectivity index (χ2v) is 18.9. The van der Waals surface area contributed by atoms with E-state index in [9.17, 15) is 9.59 Å². The zero-order valence-electron chi connectivity index (χ0n) is 34.3. The molecule has 4 aliphatic carbocycles. The van der Waals surface area contributed by atoms with Crippen LogP contribution in [0.2, 0.25) is 0 Å². The number of unbranched alkanes of at least 4 members (excludes halogenated alkanes) is 8. The molecule has 3 fully saturated rings. The Kier molecular flexibility index (Phi) is 16.9. The van der Waals surface area contributed by atoms with E-state index in [-0.39, 0.29) is 29.8 Å². The van der Waals surface area contributed by atoms with Crippen LogP contribution >= 0.6 is 0 Å². The number of nitrogens with zero attached hydrogens (tertiary/aromatic N) is 1. The number of fused-ring (bicyclic) bond motifs is 5. The molecule has 0 aromatic carbocycles. The highest BCUT2D eigenvalue weighted by Gasteiger charge is 2.59. The molecule has 0 aliphatic heterocycles. The average molecular weight is 711 g/mol. The Morgan fingerprint density at radius 2 is 1.57 bits per heavy atom. The van der Waals surface area contributed by atoms with Crippen LogP contribution < -0.4 is 16.8 Å². The maximum atomic E-state index is 13.6. The molecular formula is C45H82N4O2. The molecule has 51 heavy (non-hydrogen) atoms. The Bertz CT molecular complexity index is 1110. The lowest BCUT2D eigenvalue weighted by atomic mass is 9.47. The fourth-order valence-corrected chi connectivity index (χ4v) is 11.8. The first-order valence-electron chi connectivity index (χ1n) is 22.2. The van der Waals surface area contributed by atoms with E-state index in [1.165, 1.54) is 96.3 Å². The summed E-state index contributed by atoms with van der Waals surface area (Å²) in [6.45, 7) is 16.1. The quantitative estimate of drug-likeness (QED) is 0.0769. The highest BCUT2D eigenvalue weighted by atomic mass is 16.2. The monoisotopic (exact) mass is 711 g/mol. The van der Waals surface area contributed by atoms with Crippen LogP contribution in [-0.4, -0.2) is 48.4 Å². The zero-order chi connectivity index (χ0) is 37.0. The van der Waals surface area contributed by atoms with Crippen LogP contribution in [0.5, 0.6) is 0 Å². The van der Waals surface area contributed by atoms with Gasteiger partial charge in [0.05, 0.1) is 12.6 Å². The van der Waals surface area contributed by atoms with Crippen molar-refractivity contribution < 1.29 is 9.59 Å². The Morgan fingerprint density at radius 1 is 0.863 bits per heavy atom. The number of amides is 2. The van der Waals surface area contributed by atoms with Gasteiger partial charge in [0, 0.05) is 12.6 Å². The Hall–Kier alpha value is -1.40. The van der Waals surface area contributed by atoms with E-state index in [0.29, 0.717) is 24.9 Å². The molecule has 9 atom stereocenters. The minimum atomic E-state index is -0.587. The van der Waals surface area contributed by atoms with Crippen LogP contribution in [0.25, 0.3) is 0 Å². The van der Waals surface area contributed by atoms with E-state index >= 15 is 0 Å². The van der Waals surface area contributed by atoms with Gasteiger partial charge in [0.25, 0.3) is 0 Å². The summed E-state index contributed by atoms with van der Waals surface area (Å²) in [5.74, 6) is 4.89. The number of carbonyl (C=O) groups excluding carboxylic acids is 2. The third kappa shape index (κ3) is 11.1. The number of rotatable bonds is 22. The standard InChI is InChI=1S/C45H82N4O2/c1-7-8-9-10-11-12-13-14-15-30-49(43(51)41(47)20-17-29-46)32-42(50)48-36-25-27-44(5)35(31-36)21-22-37-39-24-23-38(34(4)19-16-18-33(2)3)45(39,6)28-26-40(37)44/h21,33-34,36-41H,7-20,22-32,46-47H2,1-6H3,(H,48,50)/t34-,36+,37+,38-,39+,40+,41+,44+,45-/m1/s1. The van der Waals surface area contributed by atoms with Gasteiger partial charge in [0.2, 0.25) is 11.8 Å². The summed E-state index contributed by atoms with van der Waals surface area (Å²) < 4.78 is 0. The van der Waals surface area contributed by atoms with Crippen molar-refractivity contribution in [3.05, 3.63) is 11.6 Å². The van der Waals surface area contributed by atoms with Crippen molar-refractivity contribution in [2.24, 2.45) is 57.8 Å². The second-order valence-electron chi connectivity index (χ2n) is 18.9. The molecule has 0 aromatic heterocycles. The maximum Gasteiger partial charge on any atom is 0.239 e. The van der Waals surface area contributed by atoms with E-state index in [0.717, 1.165) is 74.0 Å². The number of nitrogens with one attached hydrogen (secondary N) is 1. The Morgan fingerprint density at radius 3 is 2.25 bits per heavy atom. The summed E-state index contributed by atoms with van der Waals surface area (Å²) in [7, 11) is 0. The first-order valence-corrected chi connectivity index (χ1v) is 22.2. The number of hydrogen-bond donors (Lipinski definition) is 3. The number of carbonyl (C=O) groups is 2. The molecule has 4 rings (SSSR count). The Balaban J connectivity index is 1.30. The molecule has 0 bridgehead atoms. The van der Waals surface area contributed by atoms with Gasteiger partial charge in [0.15, 0.2) is 0 Å². The van der Waals surface area contributed by atoms with Crippen molar-refractivity contribution in [3.63, 3.8) is 0 Å². The topological polar surface area (TPSA) is 101 Å². The van der Waals surface area contributed by atoms with Gasteiger partial charge in [-0.1, -0.05) is 124 Å². The van der Waals surface area contributed by atoms with Gasteiger partial charge in [0.1, 0.15) is 0 Å². The molecule has 0 aromatic rings. The smallest absolute Gasteiger partial charge is 0.239 e. The summed E-state index contributed by atoms with van der Waals surface area (Å²) in [5.41, 5.74) is 14.4. The normalized spacial score (nSPS) is 31.3. The van der Waals surface area contributed by atoms with Crippen molar-refractivity contribution in [1.82, 2.24) is 10.2 Å². The molecular weight excluding hydrogens is 629 g/mol. The summed E-state index contributed by atoms with van der Waals surface area (Å²) in [5, 5.41) is 3.39. The highest BCUT2D eigenvalue weighted by molar-refractivity contribution is 5.87. The molecule has 3 saturated carbocycles. The van der Waals surface area contributed by atoms with E-state index in [1.54, 1.807) is 10.5 Å².